The summed E-state index contributed by atoms with van der Waals surface area (Å²) in [5, 5.41) is 14.6. The van der Waals surface area contributed by atoms with E-state index in [0.29, 0.717) is 18.8 Å². The summed E-state index contributed by atoms with van der Waals surface area (Å²) >= 11 is 0. The van der Waals surface area contributed by atoms with Crippen LogP contribution in [0.15, 0.2) is 18.2 Å². The molecule has 0 radical (unpaired) electrons. The van der Waals surface area contributed by atoms with Gasteiger partial charge in [-0.1, -0.05) is 30.2 Å². The number of urea groups is 1. The van der Waals surface area contributed by atoms with Gasteiger partial charge in [-0.2, -0.15) is 0 Å². The molecular weight excluding hydrogens is 392 g/mol. The predicted molar refractivity (Wildman–Crippen MR) is 118 cm³/mol. The minimum atomic E-state index is -0.271. The fraction of sp³-hybridized carbons (Fsp3) is 0.565. The topological polar surface area (TPSA) is 92.2 Å². The molecule has 0 bridgehead atoms. The van der Waals surface area contributed by atoms with Crippen molar-refractivity contribution in [3.8, 4) is 5.69 Å². The van der Waals surface area contributed by atoms with Gasteiger partial charge in [0.2, 0.25) is 0 Å². The van der Waals surface area contributed by atoms with Crippen molar-refractivity contribution in [3.63, 3.8) is 0 Å². The molecule has 1 fully saturated rings. The van der Waals surface area contributed by atoms with E-state index < -0.39 is 0 Å². The van der Waals surface area contributed by atoms with Crippen molar-refractivity contribution in [2.75, 3.05) is 6.54 Å². The highest BCUT2D eigenvalue weighted by molar-refractivity contribution is 5.93. The SMILES string of the molecule is Cc1c(C(=O)NC2CCCC2)nnn1-c1cccc2c1CCN(C(=O)NC(C)(C)C)C2. The largest absolute Gasteiger partial charge is 0.348 e. The van der Waals surface area contributed by atoms with E-state index in [0.717, 1.165) is 54.6 Å². The molecule has 8 nitrogen and oxygen atoms in total. The Kier molecular flexibility index (Phi) is 5.73. The first-order valence-electron chi connectivity index (χ1n) is 11.1. The number of benzene rings is 1. The Balaban J connectivity index is 1.55. The smallest absolute Gasteiger partial charge is 0.318 e. The molecule has 1 saturated carbocycles. The van der Waals surface area contributed by atoms with Gasteiger partial charge in [0.25, 0.3) is 5.91 Å². The Morgan fingerprint density at radius 3 is 2.61 bits per heavy atom. The zero-order valence-corrected chi connectivity index (χ0v) is 18.9. The second-order valence-corrected chi connectivity index (χ2v) is 9.66. The molecule has 2 aromatic rings. The molecule has 0 saturated heterocycles. The second kappa shape index (κ2) is 8.32. The molecule has 3 amide bonds. The number of rotatable bonds is 3. The van der Waals surface area contributed by atoms with Crippen LogP contribution >= 0.6 is 0 Å². The average Bonchev–Trinajstić information content (AvgIpc) is 3.35. The van der Waals surface area contributed by atoms with Crippen LogP contribution < -0.4 is 10.6 Å². The molecule has 1 aliphatic heterocycles. The van der Waals surface area contributed by atoms with E-state index in [-0.39, 0.29) is 23.5 Å². The number of fused-ring (bicyclic) bond motifs is 1. The Bertz CT molecular complexity index is 984. The standard InChI is InChI=1S/C23H32N6O2/c1-15-20(21(30)24-17-9-5-6-10-17)26-27-29(15)19-11-7-8-16-14-28(13-12-18(16)19)22(31)25-23(2,3)4/h7-8,11,17H,5-6,9-10,12-14H2,1-4H3,(H,24,30)(H,25,31). The molecule has 1 aromatic heterocycles. The van der Waals surface area contributed by atoms with Gasteiger partial charge in [-0.3, -0.25) is 4.79 Å². The molecule has 2 N–H and O–H groups in total. The minimum absolute atomic E-state index is 0.0497. The van der Waals surface area contributed by atoms with Crippen LogP contribution in [0.5, 0.6) is 0 Å². The fourth-order valence-corrected chi connectivity index (χ4v) is 4.45. The van der Waals surface area contributed by atoms with Crippen LogP contribution in [-0.2, 0) is 13.0 Å². The highest BCUT2D eigenvalue weighted by Gasteiger charge is 2.27. The van der Waals surface area contributed by atoms with Crippen LogP contribution in [0, 0.1) is 6.92 Å². The van der Waals surface area contributed by atoms with E-state index in [1.54, 1.807) is 4.68 Å². The van der Waals surface area contributed by atoms with Gasteiger partial charge in [-0.05, 0) is 64.2 Å². The van der Waals surface area contributed by atoms with Crippen molar-refractivity contribution in [3.05, 3.63) is 40.7 Å². The molecule has 2 aliphatic rings. The van der Waals surface area contributed by atoms with Gasteiger partial charge in [0.15, 0.2) is 5.69 Å². The quantitative estimate of drug-likeness (QED) is 0.792. The highest BCUT2D eigenvalue weighted by Crippen LogP contribution is 2.27. The minimum Gasteiger partial charge on any atom is -0.348 e. The van der Waals surface area contributed by atoms with E-state index in [4.69, 9.17) is 0 Å². The van der Waals surface area contributed by atoms with E-state index in [2.05, 4.69) is 27.0 Å². The fourth-order valence-electron chi connectivity index (χ4n) is 4.45. The first-order chi connectivity index (χ1) is 14.7. The third kappa shape index (κ3) is 4.57. The van der Waals surface area contributed by atoms with Crippen LogP contribution in [0.25, 0.3) is 5.69 Å². The first-order valence-corrected chi connectivity index (χ1v) is 11.1. The number of hydrogen-bond donors (Lipinski definition) is 2. The Hall–Kier alpha value is -2.90. The number of nitrogens with one attached hydrogen (secondary N) is 2. The summed E-state index contributed by atoms with van der Waals surface area (Å²) in [4.78, 5) is 27.1. The van der Waals surface area contributed by atoms with E-state index >= 15 is 0 Å². The summed E-state index contributed by atoms with van der Waals surface area (Å²) in [7, 11) is 0. The second-order valence-electron chi connectivity index (χ2n) is 9.66. The van der Waals surface area contributed by atoms with Crippen LogP contribution in [-0.4, -0.2) is 50.0 Å². The average molecular weight is 425 g/mol. The van der Waals surface area contributed by atoms with Gasteiger partial charge in [0.05, 0.1) is 11.4 Å². The maximum absolute atomic E-state index is 12.7. The lowest BCUT2D eigenvalue weighted by atomic mass is 9.97. The van der Waals surface area contributed by atoms with Crippen LogP contribution in [0.2, 0.25) is 0 Å². The van der Waals surface area contributed by atoms with Crippen molar-refractivity contribution >= 4 is 11.9 Å². The highest BCUT2D eigenvalue weighted by atomic mass is 16.2. The summed E-state index contributed by atoms with van der Waals surface area (Å²) in [5.74, 6) is -0.148. The van der Waals surface area contributed by atoms with Crippen molar-refractivity contribution in [1.29, 1.82) is 0 Å². The Labute approximate surface area is 183 Å². The van der Waals surface area contributed by atoms with E-state index in [9.17, 15) is 9.59 Å². The van der Waals surface area contributed by atoms with E-state index in [1.165, 1.54) is 0 Å². The van der Waals surface area contributed by atoms with Gasteiger partial charge in [0.1, 0.15) is 0 Å². The summed E-state index contributed by atoms with van der Waals surface area (Å²) in [6.07, 6.45) is 5.12. The summed E-state index contributed by atoms with van der Waals surface area (Å²) in [6.45, 7) is 9.01. The molecule has 1 aliphatic carbocycles. The Morgan fingerprint density at radius 2 is 1.90 bits per heavy atom. The van der Waals surface area contributed by atoms with Gasteiger partial charge >= 0.3 is 6.03 Å². The summed E-state index contributed by atoms with van der Waals surface area (Å²) < 4.78 is 1.76. The third-order valence-corrected chi connectivity index (χ3v) is 6.04. The van der Waals surface area contributed by atoms with E-state index in [1.807, 2.05) is 44.7 Å². The summed E-state index contributed by atoms with van der Waals surface area (Å²) in [5.41, 5.74) is 4.02. The number of carbonyl (C=O) groups is 2. The van der Waals surface area contributed by atoms with Gasteiger partial charge < -0.3 is 15.5 Å². The lowest BCUT2D eigenvalue weighted by Crippen LogP contribution is -2.49. The van der Waals surface area contributed by atoms with Crippen molar-refractivity contribution in [1.82, 2.24) is 30.5 Å². The molecule has 2 heterocycles. The number of amides is 3. The lowest BCUT2D eigenvalue weighted by molar-refractivity contribution is 0.0932. The monoisotopic (exact) mass is 424 g/mol. The number of nitrogens with zero attached hydrogens (tertiary/aromatic N) is 4. The maximum Gasteiger partial charge on any atom is 0.318 e. The summed E-state index contributed by atoms with van der Waals surface area (Å²) in [6, 6.07) is 6.22. The molecule has 0 atom stereocenters. The number of carbonyl (C=O) groups excluding carboxylic acids is 2. The molecule has 31 heavy (non-hydrogen) atoms. The zero-order chi connectivity index (χ0) is 22.2. The van der Waals surface area contributed by atoms with Crippen LogP contribution in [0.4, 0.5) is 4.79 Å². The Morgan fingerprint density at radius 1 is 1.16 bits per heavy atom. The zero-order valence-electron chi connectivity index (χ0n) is 18.9. The third-order valence-electron chi connectivity index (χ3n) is 6.04. The van der Waals surface area contributed by atoms with Crippen LogP contribution in [0.1, 0.15) is 73.8 Å². The molecule has 8 heteroatoms. The van der Waals surface area contributed by atoms with Gasteiger partial charge in [0, 0.05) is 24.7 Å². The molecular formula is C23H32N6O2. The van der Waals surface area contributed by atoms with Crippen molar-refractivity contribution in [2.45, 2.75) is 77.9 Å². The van der Waals surface area contributed by atoms with Gasteiger partial charge in [-0.15, -0.1) is 5.10 Å². The first kappa shape index (κ1) is 21.3. The molecule has 0 spiro atoms. The normalized spacial score (nSPS) is 16.8. The number of hydrogen-bond acceptors (Lipinski definition) is 4. The molecule has 1 aromatic carbocycles. The molecule has 166 valence electrons. The maximum atomic E-state index is 12.7. The number of aromatic nitrogens is 3. The molecule has 0 unspecified atom stereocenters. The van der Waals surface area contributed by atoms with Gasteiger partial charge in [-0.25, -0.2) is 9.48 Å². The van der Waals surface area contributed by atoms with Crippen molar-refractivity contribution < 1.29 is 9.59 Å². The van der Waals surface area contributed by atoms with Crippen LogP contribution in [0.3, 0.4) is 0 Å². The van der Waals surface area contributed by atoms with Crippen molar-refractivity contribution in [2.24, 2.45) is 0 Å². The predicted octanol–water partition coefficient (Wildman–Crippen LogP) is 3.11. The molecule has 4 rings (SSSR count). The lowest BCUT2D eigenvalue weighted by Gasteiger charge is -2.33.